The quantitative estimate of drug-likeness (QED) is 0.741. The summed E-state index contributed by atoms with van der Waals surface area (Å²) in [5.41, 5.74) is 0. The van der Waals surface area contributed by atoms with E-state index >= 15 is 0 Å². The summed E-state index contributed by atoms with van der Waals surface area (Å²) < 4.78 is 5.06. The van der Waals surface area contributed by atoms with Gasteiger partial charge in [0.25, 0.3) is 0 Å². The van der Waals surface area contributed by atoms with Gasteiger partial charge in [0.1, 0.15) is 10.9 Å². The Morgan fingerprint density at radius 3 is 3.00 bits per heavy atom. The van der Waals surface area contributed by atoms with Gasteiger partial charge in [-0.3, -0.25) is 4.79 Å². The number of nitrogens with one attached hydrogen (secondary N) is 2. The third-order valence-electron chi connectivity index (χ3n) is 2.78. The number of nitrogens with zero attached hydrogens (tertiary/aromatic N) is 1. The normalized spacial score (nSPS) is 22.2. The fraction of sp³-hybridized carbons (Fsp3) is 0.545. The lowest BCUT2D eigenvalue weighted by Crippen LogP contribution is -2.47. The van der Waals surface area contributed by atoms with E-state index in [0.717, 1.165) is 9.88 Å². The average Bonchev–Trinajstić information content (AvgIpc) is 2.95. The molecule has 1 aromatic rings. The molecule has 1 aliphatic heterocycles. The van der Waals surface area contributed by atoms with Crippen LogP contribution in [0.4, 0.5) is 4.79 Å². The van der Waals surface area contributed by atoms with E-state index in [0.29, 0.717) is 6.54 Å². The second-order valence-corrected chi connectivity index (χ2v) is 5.60. The van der Waals surface area contributed by atoms with Crippen LogP contribution >= 0.6 is 11.3 Å². The molecule has 0 aromatic carbocycles. The standard InChI is InChI=1S/C11H15N3O4S/c1-6-2-12-9(19-6)3-13-11(17)14-8-5-18-4-7(8)10(15)16/h2,7-8H,3-5H2,1H3,(H,15,16)(H2,13,14,17). The van der Waals surface area contributed by atoms with E-state index in [-0.39, 0.29) is 13.2 Å². The molecule has 1 aromatic heterocycles. The molecule has 2 unspecified atom stereocenters. The first-order chi connectivity index (χ1) is 9.06. The van der Waals surface area contributed by atoms with Gasteiger partial charge in [0.15, 0.2) is 0 Å². The highest BCUT2D eigenvalue weighted by Crippen LogP contribution is 2.14. The molecule has 0 spiro atoms. The number of thiazole rings is 1. The number of aryl methyl sites for hydroxylation is 1. The van der Waals surface area contributed by atoms with Crippen LogP contribution in [0.1, 0.15) is 9.88 Å². The van der Waals surface area contributed by atoms with Crippen molar-refractivity contribution >= 4 is 23.3 Å². The molecular weight excluding hydrogens is 270 g/mol. The molecule has 0 saturated carbocycles. The van der Waals surface area contributed by atoms with Gasteiger partial charge >= 0.3 is 12.0 Å². The summed E-state index contributed by atoms with van der Waals surface area (Å²) in [6.07, 6.45) is 1.74. The maximum Gasteiger partial charge on any atom is 0.315 e. The monoisotopic (exact) mass is 285 g/mol. The number of hydrogen-bond donors (Lipinski definition) is 3. The summed E-state index contributed by atoms with van der Waals surface area (Å²) in [6, 6.07) is -0.898. The van der Waals surface area contributed by atoms with Gasteiger partial charge in [-0.2, -0.15) is 0 Å². The first-order valence-corrected chi connectivity index (χ1v) is 6.64. The van der Waals surface area contributed by atoms with E-state index in [9.17, 15) is 9.59 Å². The van der Waals surface area contributed by atoms with E-state index in [1.165, 1.54) is 11.3 Å². The van der Waals surface area contributed by atoms with Crippen LogP contribution in [0.2, 0.25) is 0 Å². The highest BCUT2D eigenvalue weighted by Gasteiger charge is 2.34. The molecule has 8 heteroatoms. The van der Waals surface area contributed by atoms with Crippen molar-refractivity contribution in [1.82, 2.24) is 15.6 Å². The Morgan fingerprint density at radius 1 is 1.58 bits per heavy atom. The van der Waals surface area contributed by atoms with Crippen molar-refractivity contribution in [3.05, 3.63) is 16.1 Å². The number of amides is 2. The number of urea groups is 1. The molecule has 0 aliphatic carbocycles. The number of aliphatic carboxylic acids is 1. The molecule has 0 bridgehead atoms. The number of carbonyl (C=O) groups excluding carboxylic acids is 1. The van der Waals surface area contributed by atoms with Crippen LogP contribution in [-0.2, 0) is 16.1 Å². The van der Waals surface area contributed by atoms with Crippen molar-refractivity contribution < 1.29 is 19.4 Å². The van der Waals surface area contributed by atoms with Crippen LogP contribution in [0.5, 0.6) is 0 Å². The van der Waals surface area contributed by atoms with Gasteiger partial charge in [0.2, 0.25) is 0 Å². The first-order valence-electron chi connectivity index (χ1n) is 5.82. The number of aromatic nitrogens is 1. The maximum atomic E-state index is 11.7. The lowest BCUT2D eigenvalue weighted by atomic mass is 10.0. The van der Waals surface area contributed by atoms with Gasteiger partial charge < -0.3 is 20.5 Å². The predicted molar refractivity (Wildman–Crippen MR) is 68.0 cm³/mol. The van der Waals surface area contributed by atoms with Gasteiger partial charge in [-0.15, -0.1) is 11.3 Å². The van der Waals surface area contributed by atoms with E-state index in [1.54, 1.807) is 6.20 Å². The number of carboxylic acids is 1. The van der Waals surface area contributed by atoms with E-state index in [2.05, 4.69) is 15.6 Å². The molecule has 7 nitrogen and oxygen atoms in total. The summed E-state index contributed by atoms with van der Waals surface area (Å²) in [7, 11) is 0. The van der Waals surface area contributed by atoms with Crippen LogP contribution < -0.4 is 10.6 Å². The van der Waals surface area contributed by atoms with Gasteiger partial charge in [0, 0.05) is 11.1 Å². The highest BCUT2D eigenvalue weighted by molar-refractivity contribution is 7.11. The van der Waals surface area contributed by atoms with Crippen molar-refractivity contribution in [3.63, 3.8) is 0 Å². The Morgan fingerprint density at radius 2 is 2.37 bits per heavy atom. The molecule has 2 atom stereocenters. The minimum absolute atomic E-state index is 0.131. The SMILES string of the molecule is Cc1cnc(CNC(=O)NC2COCC2C(=O)O)s1. The third kappa shape index (κ3) is 3.65. The second kappa shape index (κ2) is 5.98. The minimum Gasteiger partial charge on any atom is -0.481 e. The van der Waals surface area contributed by atoms with Gasteiger partial charge in [0.05, 0.1) is 25.8 Å². The van der Waals surface area contributed by atoms with Gasteiger partial charge in [-0.25, -0.2) is 9.78 Å². The summed E-state index contributed by atoms with van der Waals surface area (Å²) in [6.45, 7) is 2.62. The largest absolute Gasteiger partial charge is 0.481 e. The molecule has 0 radical (unpaired) electrons. The summed E-state index contributed by atoms with van der Waals surface area (Å²) in [4.78, 5) is 27.8. The molecule has 1 saturated heterocycles. The molecular formula is C11H15N3O4S. The highest BCUT2D eigenvalue weighted by atomic mass is 32.1. The van der Waals surface area contributed by atoms with E-state index in [4.69, 9.17) is 9.84 Å². The average molecular weight is 285 g/mol. The molecule has 2 heterocycles. The Balaban J connectivity index is 1.79. The van der Waals surface area contributed by atoms with E-state index in [1.807, 2.05) is 6.92 Å². The Kier molecular flexibility index (Phi) is 4.33. The maximum absolute atomic E-state index is 11.7. The van der Waals surface area contributed by atoms with Crippen molar-refractivity contribution in [2.45, 2.75) is 19.5 Å². The number of hydrogen-bond acceptors (Lipinski definition) is 5. The van der Waals surface area contributed by atoms with Crippen LogP contribution in [0.25, 0.3) is 0 Å². The van der Waals surface area contributed by atoms with Crippen molar-refractivity contribution in [1.29, 1.82) is 0 Å². The predicted octanol–water partition coefficient (Wildman–Crippen LogP) is 0.350. The van der Waals surface area contributed by atoms with Crippen LogP contribution in [0, 0.1) is 12.8 Å². The van der Waals surface area contributed by atoms with Crippen LogP contribution in [0.15, 0.2) is 6.20 Å². The molecule has 19 heavy (non-hydrogen) atoms. The molecule has 2 amide bonds. The third-order valence-corrected chi connectivity index (χ3v) is 3.70. The minimum atomic E-state index is -0.960. The van der Waals surface area contributed by atoms with Crippen molar-refractivity contribution in [2.24, 2.45) is 5.92 Å². The Labute approximate surface area is 114 Å². The summed E-state index contributed by atoms with van der Waals surface area (Å²) in [5.74, 6) is -1.65. The van der Waals surface area contributed by atoms with Crippen LogP contribution in [0.3, 0.4) is 0 Å². The Hall–Kier alpha value is -1.67. The fourth-order valence-corrected chi connectivity index (χ4v) is 2.53. The lowest BCUT2D eigenvalue weighted by Gasteiger charge is -2.15. The number of carboxylic acid groups (broad SMARTS) is 1. The number of carbonyl (C=O) groups is 2. The second-order valence-electron chi connectivity index (χ2n) is 4.28. The molecule has 3 N–H and O–H groups in total. The first kappa shape index (κ1) is 13.8. The molecule has 1 fully saturated rings. The number of ether oxygens (including phenoxy) is 1. The van der Waals surface area contributed by atoms with Crippen molar-refractivity contribution in [3.8, 4) is 0 Å². The summed E-state index contributed by atoms with van der Waals surface area (Å²) in [5, 5.41) is 15.0. The van der Waals surface area contributed by atoms with Crippen LogP contribution in [-0.4, -0.2) is 41.3 Å². The number of rotatable bonds is 4. The molecule has 1 aliphatic rings. The fourth-order valence-electron chi connectivity index (χ4n) is 1.80. The zero-order valence-electron chi connectivity index (χ0n) is 10.4. The van der Waals surface area contributed by atoms with Crippen molar-refractivity contribution in [2.75, 3.05) is 13.2 Å². The van der Waals surface area contributed by atoms with E-state index < -0.39 is 24.0 Å². The summed E-state index contributed by atoms with van der Waals surface area (Å²) >= 11 is 1.51. The smallest absolute Gasteiger partial charge is 0.315 e. The zero-order chi connectivity index (χ0) is 13.8. The Bertz CT molecular complexity index is 476. The van der Waals surface area contributed by atoms with Gasteiger partial charge in [-0.1, -0.05) is 0 Å². The van der Waals surface area contributed by atoms with Gasteiger partial charge in [-0.05, 0) is 6.92 Å². The lowest BCUT2D eigenvalue weighted by molar-refractivity contribution is -0.142. The zero-order valence-corrected chi connectivity index (χ0v) is 11.2. The molecule has 104 valence electrons. The topological polar surface area (TPSA) is 101 Å². The molecule has 2 rings (SSSR count).